The number of rotatable bonds is 5. The van der Waals surface area contributed by atoms with E-state index < -0.39 is 0 Å². The van der Waals surface area contributed by atoms with Gasteiger partial charge in [-0.3, -0.25) is 4.79 Å². The molecule has 1 saturated heterocycles. The first-order chi connectivity index (χ1) is 13.0. The minimum absolute atomic E-state index is 0.0411. The van der Waals surface area contributed by atoms with Crippen LogP contribution in [-0.2, 0) is 17.8 Å². The highest BCUT2D eigenvalue weighted by Crippen LogP contribution is 2.22. The number of fused-ring (bicyclic) bond motifs is 1. The number of benzene rings is 1. The highest BCUT2D eigenvalue weighted by molar-refractivity contribution is 5.82. The lowest BCUT2D eigenvalue weighted by molar-refractivity contribution is -0.124. The van der Waals surface area contributed by atoms with E-state index in [0.717, 1.165) is 43.6 Å². The van der Waals surface area contributed by atoms with Crippen LogP contribution in [0, 0.1) is 23.2 Å². The van der Waals surface area contributed by atoms with Gasteiger partial charge < -0.3 is 20.6 Å². The number of amides is 1. The highest BCUT2D eigenvalue weighted by atomic mass is 16.3. The Kier molecular flexibility index (Phi) is 6.35. The molecule has 1 aromatic carbocycles. The normalized spacial score (nSPS) is 22.1. The number of carbonyl (C=O) groups is 1. The average Bonchev–Trinajstić information content (AvgIpc) is 2.67. The summed E-state index contributed by atoms with van der Waals surface area (Å²) in [4.78, 5) is 15.2. The minimum Gasteiger partial charge on any atom is -0.508 e. The second-order valence-corrected chi connectivity index (χ2v) is 8.15. The monoisotopic (exact) mass is 370 g/mol. The van der Waals surface area contributed by atoms with Gasteiger partial charge in [0.25, 0.3) is 0 Å². The molecule has 1 aromatic rings. The molecule has 1 fully saturated rings. The van der Waals surface area contributed by atoms with Crippen molar-refractivity contribution in [2.75, 3.05) is 19.6 Å². The number of nitrogens with one attached hydrogen (secondary N) is 2. The number of likely N-dealkylation sites (tertiary alicyclic amines) is 1. The van der Waals surface area contributed by atoms with Crippen LogP contribution in [0.1, 0.15) is 37.8 Å². The largest absolute Gasteiger partial charge is 0.508 e. The van der Waals surface area contributed by atoms with Crippen LogP contribution >= 0.6 is 0 Å². The molecule has 1 unspecified atom stereocenters. The SMILES string of the molecule is CC(C)C(CN1CCC(C#N)CC1)NC(=O)[C@H]1Cc2ccc(O)cc2CN1. The maximum atomic E-state index is 12.8. The molecule has 6 nitrogen and oxygen atoms in total. The molecule has 146 valence electrons. The van der Waals surface area contributed by atoms with Crippen molar-refractivity contribution in [3.8, 4) is 11.8 Å². The van der Waals surface area contributed by atoms with Crippen molar-refractivity contribution in [3.05, 3.63) is 29.3 Å². The Morgan fingerprint density at radius 2 is 2.11 bits per heavy atom. The quantitative estimate of drug-likeness (QED) is 0.735. The van der Waals surface area contributed by atoms with Gasteiger partial charge in [-0.1, -0.05) is 19.9 Å². The standard InChI is InChI=1S/C21H30N4O2/c1-14(2)20(13-25-7-5-15(11-22)6-8-25)24-21(27)19-10-16-3-4-18(26)9-17(16)12-23-19/h3-4,9,14-15,19-20,23,26H,5-8,10,12-13H2,1-2H3,(H,24,27)/t19-,20?/m1/s1. The number of piperidine rings is 1. The van der Waals surface area contributed by atoms with E-state index in [4.69, 9.17) is 5.26 Å². The molecule has 3 N–H and O–H groups in total. The Hall–Kier alpha value is -2.10. The van der Waals surface area contributed by atoms with Crippen LogP contribution in [0.25, 0.3) is 0 Å². The molecule has 0 saturated carbocycles. The molecule has 27 heavy (non-hydrogen) atoms. The zero-order valence-electron chi connectivity index (χ0n) is 16.2. The Bertz CT molecular complexity index is 705. The fourth-order valence-electron chi connectivity index (χ4n) is 3.92. The van der Waals surface area contributed by atoms with Crippen LogP contribution in [0.15, 0.2) is 18.2 Å². The van der Waals surface area contributed by atoms with E-state index in [9.17, 15) is 9.90 Å². The lowest BCUT2D eigenvalue weighted by atomic mass is 9.94. The fourth-order valence-corrected chi connectivity index (χ4v) is 3.92. The van der Waals surface area contributed by atoms with Gasteiger partial charge >= 0.3 is 0 Å². The Morgan fingerprint density at radius 1 is 1.37 bits per heavy atom. The second kappa shape index (κ2) is 8.73. The van der Waals surface area contributed by atoms with E-state index in [1.807, 2.05) is 6.07 Å². The van der Waals surface area contributed by atoms with Crippen molar-refractivity contribution in [2.45, 2.75) is 51.7 Å². The van der Waals surface area contributed by atoms with Crippen molar-refractivity contribution in [3.63, 3.8) is 0 Å². The van der Waals surface area contributed by atoms with Crippen molar-refractivity contribution in [1.29, 1.82) is 5.26 Å². The molecule has 2 heterocycles. The highest BCUT2D eigenvalue weighted by Gasteiger charge is 2.28. The van der Waals surface area contributed by atoms with Gasteiger partial charge in [0.1, 0.15) is 5.75 Å². The van der Waals surface area contributed by atoms with E-state index in [1.165, 1.54) is 0 Å². The Morgan fingerprint density at radius 3 is 2.78 bits per heavy atom. The van der Waals surface area contributed by atoms with Gasteiger partial charge in [-0.2, -0.15) is 5.26 Å². The number of hydrogen-bond acceptors (Lipinski definition) is 5. The van der Waals surface area contributed by atoms with E-state index in [1.54, 1.807) is 12.1 Å². The average molecular weight is 370 g/mol. The summed E-state index contributed by atoms with van der Waals surface area (Å²) in [7, 11) is 0. The van der Waals surface area contributed by atoms with Gasteiger partial charge in [-0.25, -0.2) is 0 Å². The van der Waals surface area contributed by atoms with Crippen LogP contribution < -0.4 is 10.6 Å². The van der Waals surface area contributed by atoms with E-state index in [0.29, 0.717) is 18.9 Å². The number of phenols is 1. The lowest BCUT2D eigenvalue weighted by Gasteiger charge is -2.35. The fraction of sp³-hybridized carbons (Fsp3) is 0.619. The van der Waals surface area contributed by atoms with Gasteiger partial charge in [0, 0.05) is 25.0 Å². The molecule has 0 aliphatic carbocycles. The van der Waals surface area contributed by atoms with Gasteiger partial charge in [-0.05, 0) is 61.5 Å². The summed E-state index contributed by atoms with van der Waals surface area (Å²) in [6.45, 7) is 7.55. The van der Waals surface area contributed by atoms with Gasteiger partial charge in [0.05, 0.1) is 12.1 Å². The molecular formula is C21H30N4O2. The summed E-state index contributed by atoms with van der Waals surface area (Å²) < 4.78 is 0. The summed E-state index contributed by atoms with van der Waals surface area (Å²) in [5.41, 5.74) is 2.17. The third-order valence-electron chi connectivity index (χ3n) is 5.83. The summed E-state index contributed by atoms with van der Waals surface area (Å²) in [6.07, 6.45) is 2.48. The van der Waals surface area contributed by atoms with Gasteiger partial charge in [0.2, 0.25) is 5.91 Å². The molecule has 6 heteroatoms. The molecule has 0 bridgehead atoms. The molecule has 1 amide bonds. The first-order valence-corrected chi connectivity index (χ1v) is 9.92. The van der Waals surface area contributed by atoms with Crippen LogP contribution in [0.2, 0.25) is 0 Å². The Balaban J connectivity index is 1.56. The topological polar surface area (TPSA) is 88.4 Å². The van der Waals surface area contributed by atoms with Crippen molar-refractivity contribution in [2.24, 2.45) is 11.8 Å². The second-order valence-electron chi connectivity index (χ2n) is 8.15. The molecular weight excluding hydrogens is 340 g/mol. The summed E-state index contributed by atoms with van der Waals surface area (Å²) in [6, 6.07) is 7.57. The van der Waals surface area contributed by atoms with Crippen molar-refractivity contribution >= 4 is 5.91 Å². The van der Waals surface area contributed by atoms with Crippen LogP contribution in [0.5, 0.6) is 5.75 Å². The third-order valence-corrected chi connectivity index (χ3v) is 5.83. The first-order valence-electron chi connectivity index (χ1n) is 9.92. The molecule has 2 aliphatic rings. The smallest absolute Gasteiger partial charge is 0.237 e. The molecule has 0 radical (unpaired) electrons. The third kappa shape index (κ3) is 5.00. The molecule has 0 aromatic heterocycles. The number of nitrogens with zero attached hydrogens (tertiary/aromatic N) is 2. The van der Waals surface area contributed by atoms with E-state index in [-0.39, 0.29) is 29.7 Å². The Labute approximate surface area is 161 Å². The predicted molar refractivity (Wildman–Crippen MR) is 104 cm³/mol. The molecule has 3 rings (SSSR count). The van der Waals surface area contributed by atoms with Crippen molar-refractivity contribution < 1.29 is 9.90 Å². The summed E-state index contributed by atoms with van der Waals surface area (Å²) in [5, 5.41) is 25.2. The van der Waals surface area contributed by atoms with Crippen LogP contribution in [-0.4, -0.2) is 47.6 Å². The zero-order valence-corrected chi connectivity index (χ0v) is 16.2. The predicted octanol–water partition coefficient (Wildman–Crippen LogP) is 1.78. The summed E-state index contributed by atoms with van der Waals surface area (Å²) >= 11 is 0. The van der Waals surface area contributed by atoms with Gasteiger partial charge in [-0.15, -0.1) is 0 Å². The number of phenolic OH excluding ortho intramolecular Hbond substituents is 1. The number of aromatic hydroxyl groups is 1. The molecule has 2 atom stereocenters. The maximum absolute atomic E-state index is 12.8. The van der Waals surface area contributed by atoms with Crippen LogP contribution in [0.3, 0.4) is 0 Å². The minimum atomic E-state index is -0.243. The summed E-state index contributed by atoms with van der Waals surface area (Å²) in [5.74, 6) is 0.826. The molecule has 0 spiro atoms. The molecule has 2 aliphatic heterocycles. The number of nitriles is 1. The van der Waals surface area contributed by atoms with Crippen LogP contribution in [0.4, 0.5) is 0 Å². The maximum Gasteiger partial charge on any atom is 0.237 e. The zero-order chi connectivity index (χ0) is 19.4. The lowest BCUT2D eigenvalue weighted by Crippen LogP contribution is -2.54. The van der Waals surface area contributed by atoms with E-state index in [2.05, 4.69) is 35.5 Å². The van der Waals surface area contributed by atoms with E-state index >= 15 is 0 Å². The number of carbonyl (C=O) groups excluding carboxylic acids is 1. The number of hydrogen-bond donors (Lipinski definition) is 3. The van der Waals surface area contributed by atoms with Crippen molar-refractivity contribution in [1.82, 2.24) is 15.5 Å². The van der Waals surface area contributed by atoms with Gasteiger partial charge in [0.15, 0.2) is 0 Å². The first kappa shape index (κ1) is 19.7.